The highest BCUT2D eigenvalue weighted by Crippen LogP contribution is 2.33. The van der Waals surface area contributed by atoms with Crippen LogP contribution in [0.2, 0.25) is 0 Å². The Morgan fingerprint density at radius 2 is 2.00 bits per heavy atom. The molecule has 10 heteroatoms. The number of hydrogen-bond acceptors (Lipinski definition) is 6. The molecule has 170 valence electrons. The van der Waals surface area contributed by atoms with E-state index in [1.54, 1.807) is 18.2 Å². The Hall–Kier alpha value is -3.56. The Morgan fingerprint density at radius 3 is 2.76 bits per heavy atom. The van der Waals surface area contributed by atoms with Crippen LogP contribution in [-0.4, -0.2) is 38.7 Å². The number of nitrogen functional groups attached to an aromatic ring is 1. The van der Waals surface area contributed by atoms with E-state index in [2.05, 4.69) is 20.6 Å². The molecule has 33 heavy (non-hydrogen) atoms. The molecule has 0 saturated carbocycles. The lowest BCUT2D eigenvalue weighted by Crippen LogP contribution is -2.32. The lowest BCUT2D eigenvalue weighted by atomic mass is 10.1. The van der Waals surface area contributed by atoms with E-state index in [0.29, 0.717) is 33.8 Å². The number of fused-ring (bicyclic) bond motifs is 1. The lowest BCUT2D eigenvalue weighted by molar-refractivity contribution is 0.102. The highest BCUT2D eigenvalue weighted by Gasteiger charge is 2.24. The predicted molar refractivity (Wildman–Crippen MR) is 128 cm³/mol. The van der Waals surface area contributed by atoms with E-state index in [1.165, 1.54) is 30.6 Å². The van der Waals surface area contributed by atoms with E-state index in [0.717, 1.165) is 31.5 Å². The summed E-state index contributed by atoms with van der Waals surface area (Å²) in [5.74, 6) is -0.315. The van der Waals surface area contributed by atoms with E-state index in [1.807, 2.05) is 10.7 Å². The molecule has 2 aromatic heterocycles. The van der Waals surface area contributed by atoms with Gasteiger partial charge in [-0.15, -0.1) is 12.4 Å². The third-order valence-corrected chi connectivity index (χ3v) is 5.64. The second-order valence-electron chi connectivity index (χ2n) is 7.79. The number of piperidine rings is 1. The van der Waals surface area contributed by atoms with Gasteiger partial charge in [-0.3, -0.25) is 4.79 Å². The van der Waals surface area contributed by atoms with Gasteiger partial charge in [-0.05, 0) is 55.8 Å². The number of benzene rings is 2. The maximum Gasteiger partial charge on any atom is 0.255 e. The van der Waals surface area contributed by atoms with E-state index < -0.39 is 0 Å². The van der Waals surface area contributed by atoms with Crippen LogP contribution in [0.3, 0.4) is 0 Å². The predicted octanol–water partition coefficient (Wildman–Crippen LogP) is 3.81. The molecule has 1 fully saturated rings. The Labute approximate surface area is 195 Å². The van der Waals surface area contributed by atoms with Crippen LogP contribution in [0.25, 0.3) is 22.3 Å². The quantitative estimate of drug-likeness (QED) is 0.421. The molecule has 1 aliphatic heterocycles. The fraction of sp³-hybridized carbons (Fsp3) is 0.217. The molecule has 1 saturated heterocycles. The van der Waals surface area contributed by atoms with Gasteiger partial charge in [-0.25, -0.2) is 19.0 Å². The molecule has 0 spiro atoms. The average molecular weight is 468 g/mol. The van der Waals surface area contributed by atoms with Crippen LogP contribution in [0, 0.1) is 5.82 Å². The van der Waals surface area contributed by atoms with Gasteiger partial charge in [0.05, 0.1) is 11.4 Å². The SMILES string of the molecule is Cl.Nc1ncnc2c1c(-c1cccc(C(=O)Nc3ccc(F)cc3)c1)nn2[C@@H]1CCCNC1. The first-order valence-corrected chi connectivity index (χ1v) is 10.5. The first-order chi connectivity index (χ1) is 15.6. The van der Waals surface area contributed by atoms with E-state index in [-0.39, 0.29) is 30.2 Å². The topological polar surface area (TPSA) is 111 Å². The zero-order valence-corrected chi connectivity index (χ0v) is 18.5. The fourth-order valence-corrected chi connectivity index (χ4v) is 4.04. The number of nitrogens with two attached hydrogens (primary N) is 1. The van der Waals surface area contributed by atoms with Crippen LogP contribution in [0.1, 0.15) is 29.2 Å². The molecular formula is C23H23ClFN7O. The minimum atomic E-state index is -0.361. The zero-order valence-electron chi connectivity index (χ0n) is 17.7. The van der Waals surface area contributed by atoms with Crippen molar-refractivity contribution in [3.8, 4) is 11.3 Å². The van der Waals surface area contributed by atoms with Gasteiger partial charge in [-0.2, -0.15) is 5.10 Å². The molecule has 1 aliphatic rings. The summed E-state index contributed by atoms with van der Waals surface area (Å²) in [6, 6.07) is 12.9. The standard InChI is InChI=1S/C23H22FN7O.ClH/c24-16-6-8-17(9-7-16)29-23(32)15-4-1-3-14(11-15)20-19-21(25)27-13-28-22(19)31(30-20)18-5-2-10-26-12-18;/h1,3-4,6-9,11,13,18,26H,2,5,10,12H2,(H,29,32)(H2,25,27,28);1H/t18-;/m1./s1. The normalized spacial score (nSPS) is 15.7. The molecule has 5 rings (SSSR count). The molecule has 2 aromatic carbocycles. The minimum absolute atomic E-state index is 0. The molecule has 0 aliphatic carbocycles. The summed E-state index contributed by atoms with van der Waals surface area (Å²) in [4.78, 5) is 21.4. The Morgan fingerprint density at radius 1 is 1.18 bits per heavy atom. The Bertz CT molecular complexity index is 1290. The average Bonchev–Trinajstić information content (AvgIpc) is 3.22. The summed E-state index contributed by atoms with van der Waals surface area (Å²) in [5, 5.41) is 11.7. The second-order valence-corrected chi connectivity index (χ2v) is 7.79. The van der Waals surface area contributed by atoms with Crippen molar-refractivity contribution in [2.75, 3.05) is 24.1 Å². The summed E-state index contributed by atoms with van der Waals surface area (Å²) < 4.78 is 15.1. The van der Waals surface area contributed by atoms with Gasteiger partial charge in [-0.1, -0.05) is 12.1 Å². The largest absolute Gasteiger partial charge is 0.383 e. The van der Waals surface area contributed by atoms with Gasteiger partial charge in [0, 0.05) is 23.4 Å². The molecule has 4 N–H and O–H groups in total. The number of nitrogens with zero attached hydrogens (tertiary/aromatic N) is 4. The van der Waals surface area contributed by atoms with Gasteiger partial charge >= 0.3 is 0 Å². The summed E-state index contributed by atoms with van der Waals surface area (Å²) >= 11 is 0. The first kappa shape index (κ1) is 22.6. The number of anilines is 2. The molecule has 0 unspecified atom stereocenters. The Balaban J connectivity index is 0.00000259. The highest BCUT2D eigenvalue weighted by molar-refractivity contribution is 6.06. The third kappa shape index (κ3) is 4.50. The number of amides is 1. The van der Waals surface area contributed by atoms with E-state index >= 15 is 0 Å². The van der Waals surface area contributed by atoms with Gasteiger partial charge in [0.25, 0.3) is 5.91 Å². The molecule has 1 atom stereocenters. The summed E-state index contributed by atoms with van der Waals surface area (Å²) in [7, 11) is 0. The van der Waals surface area contributed by atoms with Crippen LogP contribution < -0.4 is 16.4 Å². The number of carbonyl (C=O) groups is 1. The number of aromatic nitrogens is 4. The number of halogens is 2. The maximum absolute atomic E-state index is 13.1. The molecule has 0 radical (unpaired) electrons. The zero-order chi connectivity index (χ0) is 22.1. The summed E-state index contributed by atoms with van der Waals surface area (Å²) in [6.07, 6.45) is 3.50. The van der Waals surface area contributed by atoms with Crippen molar-refractivity contribution in [3.05, 3.63) is 66.2 Å². The number of carbonyl (C=O) groups excluding carboxylic acids is 1. The first-order valence-electron chi connectivity index (χ1n) is 10.5. The molecule has 1 amide bonds. The number of nitrogens with one attached hydrogen (secondary N) is 2. The van der Waals surface area contributed by atoms with Crippen LogP contribution in [0.15, 0.2) is 54.9 Å². The van der Waals surface area contributed by atoms with Crippen molar-refractivity contribution in [1.29, 1.82) is 0 Å². The smallest absolute Gasteiger partial charge is 0.255 e. The van der Waals surface area contributed by atoms with Crippen LogP contribution >= 0.6 is 12.4 Å². The summed E-state index contributed by atoms with van der Waals surface area (Å²) in [6.45, 7) is 1.80. The molecule has 4 aromatic rings. The van der Waals surface area contributed by atoms with Crippen molar-refractivity contribution >= 4 is 40.9 Å². The fourth-order valence-electron chi connectivity index (χ4n) is 4.04. The lowest BCUT2D eigenvalue weighted by Gasteiger charge is -2.23. The van der Waals surface area contributed by atoms with Gasteiger partial charge in [0.15, 0.2) is 5.65 Å². The van der Waals surface area contributed by atoms with Gasteiger partial charge < -0.3 is 16.4 Å². The van der Waals surface area contributed by atoms with E-state index in [4.69, 9.17) is 10.8 Å². The van der Waals surface area contributed by atoms with Crippen LogP contribution in [0.4, 0.5) is 15.9 Å². The van der Waals surface area contributed by atoms with Gasteiger partial charge in [0.2, 0.25) is 0 Å². The van der Waals surface area contributed by atoms with Crippen molar-refractivity contribution in [3.63, 3.8) is 0 Å². The van der Waals surface area contributed by atoms with Gasteiger partial charge in [0.1, 0.15) is 23.7 Å². The van der Waals surface area contributed by atoms with Crippen LogP contribution in [0.5, 0.6) is 0 Å². The molecule has 0 bridgehead atoms. The molecule has 3 heterocycles. The monoisotopic (exact) mass is 467 g/mol. The number of rotatable bonds is 4. The number of hydrogen-bond donors (Lipinski definition) is 3. The minimum Gasteiger partial charge on any atom is -0.383 e. The maximum atomic E-state index is 13.1. The van der Waals surface area contributed by atoms with E-state index in [9.17, 15) is 9.18 Å². The Kier molecular flexibility index (Phi) is 6.52. The molecule has 8 nitrogen and oxygen atoms in total. The van der Waals surface area contributed by atoms with Crippen molar-refractivity contribution in [1.82, 2.24) is 25.1 Å². The van der Waals surface area contributed by atoms with Crippen LogP contribution in [-0.2, 0) is 0 Å². The molecular weight excluding hydrogens is 445 g/mol. The van der Waals surface area contributed by atoms with Crippen molar-refractivity contribution < 1.29 is 9.18 Å². The highest BCUT2D eigenvalue weighted by atomic mass is 35.5. The third-order valence-electron chi connectivity index (χ3n) is 5.64. The van der Waals surface area contributed by atoms with Crippen molar-refractivity contribution in [2.24, 2.45) is 0 Å². The summed E-state index contributed by atoms with van der Waals surface area (Å²) in [5.41, 5.74) is 9.24. The second kappa shape index (κ2) is 9.51. The van der Waals surface area contributed by atoms with Crippen molar-refractivity contribution in [2.45, 2.75) is 18.9 Å².